The normalized spacial score (nSPS) is 14.9. The van der Waals surface area contributed by atoms with Crippen LogP contribution >= 0.6 is 0 Å². The molecule has 0 saturated carbocycles. The number of aromatic nitrogens is 4. The van der Waals surface area contributed by atoms with E-state index >= 15 is 0 Å². The van der Waals surface area contributed by atoms with Gasteiger partial charge in [0.2, 0.25) is 5.82 Å². The van der Waals surface area contributed by atoms with E-state index < -0.39 is 12.0 Å². The van der Waals surface area contributed by atoms with Gasteiger partial charge >= 0.3 is 6.18 Å². The minimum absolute atomic E-state index is 0.0297. The molecule has 1 aliphatic heterocycles. The van der Waals surface area contributed by atoms with Crippen LogP contribution in [0.15, 0.2) is 24.5 Å². The van der Waals surface area contributed by atoms with Crippen LogP contribution in [0.4, 0.5) is 19.0 Å². The Morgan fingerprint density at radius 1 is 1.17 bits per heavy atom. The van der Waals surface area contributed by atoms with Crippen molar-refractivity contribution in [3.63, 3.8) is 0 Å². The van der Waals surface area contributed by atoms with E-state index in [2.05, 4.69) is 26.0 Å². The van der Waals surface area contributed by atoms with Gasteiger partial charge in [0.05, 0.1) is 6.33 Å². The lowest BCUT2D eigenvalue weighted by atomic mass is 9.98. The van der Waals surface area contributed by atoms with Gasteiger partial charge < -0.3 is 9.88 Å². The first kappa shape index (κ1) is 14.9. The van der Waals surface area contributed by atoms with E-state index in [0.717, 1.165) is 12.0 Å². The maximum absolute atomic E-state index is 13.1. The van der Waals surface area contributed by atoms with Gasteiger partial charge in [0, 0.05) is 13.1 Å². The summed E-state index contributed by atoms with van der Waals surface area (Å²) >= 11 is 0. The maximum atomic E-state index is 13.1. The molecule has 1 N–H and O–H groups in total. The van der Waals surface area contributed by atoms with E-state index in [1.165, 1.54) is 17.5 Å². The quantitative estimate of drug-likeness (QED) is 0.743. The van der Waals surface area contributed by atoms with Crippen molar-refractivity contribution in [2.75, 3.05) is 11.4 Å². The van der Waals surface area contributed by atoms with Crippen molar-refractivity contribution in [3.05, 3.63) is 47.0 Å². The number of hydrogen-bond acceptors (Lipinski definition) is 4. The van der Waals surface area contributed by atoms with E-state index in [0.29, 0.717) is 18.6 Å². The summed E-state index contributed by atoms with van der Waals surface area (Å²) in [6.07, 6.45) is -2.51. The van der Waals surface area contributed by atoms with Crippen LogP contribution in [0.2, 0.25) is 0 Å². The Morgan fingerprint density at radius 2 is 2.00 bits per heavy atom. The summed E-state index contributed by atoms with van der Waals surface area (Å²) in [4.78, 5) is 15.9. The van der Waals surface area contributed by atoms with Crippen LogP contribution in [0.3, 0.4) is 0 Å². The van der Waals surface area contributed by atoms with Crippen LogP contribution < -0.4 is 4.90 Å². The van der Waals surface area contributed by atoms with E-state index in [9.17, 15) is 13.2 Å². The van der Waals surface area contributed by atoms with Crippen molar-refractivity contribution in [1.82, 2.24) is 19.9 Å². The number of nitrogens with zero attached hydrogens (tertiary/aromatic N) is 4. The molecule has 1 aliphatic rings. The summed E-state index contributed by atoms with van der Waals surface area (Å²) in [5.41, 5.74) is 3.98. The third-order valence-electron chi connectivity index (χ3n) is 4.19. The van der Waals surface area contributed by atoms with Gasteiger partial charge in [0.15, 0.2) is 11.5 Å². The number of alkyl halides is 3. The molecule has 3 aromatic rings. The predicted molar refractivity (Wildman–Crippen MR) is 82.6 cm³/mol. The highest BCUT2D eigenvalue weighted by Crippen LogP contribution is 2.32. The summed E-state index contributed by atoms with van der Waals surface area (Å²) in [5, 5.41) is 0. The summed E-state index contributed by atoms with van der Waals surface area (Å²) in [6.45, 7) is 3.14. The van der Waals surface area contributed by atoms with Crippen LogP contribution in [-0.2, 0) is 19.1 Å². The van der Waals surface area contributed by atoms with Crippen LogP contribution in [0.5, 0.6) is 0 Å². The first-order valence-corrected chi connectivity index (χ1v) is 7.53. The molecule has 124 valence electrons. The lowest BCUT2D eigenvalue weighted by molar-refractivity contribution is -0.144. The molecule has 2 aromatic heterocycles. The van der Waals surface area contributed by atoms with Crippen molar-refractivity contribution in [2.45, 2.75) is 26.1 Å². The SMILES string of the molecule is Cc1ccc2c(c1)CCN(c1nc(C(F)(F)F)nc3nc[nH]c13)C2. The number of hydrogen-bond donors (Lipinski definition) is 1. The fourth-order valence-corrected chi connectivity index (χ4v) is 3.04. The van der Waals surface area contributed by atoms with Gasteiger partial charge in [-0.1, -0.05) is 23.8 Å². The minimum atomic E-state index is -4.60. The Kier molecular flexibility index (Phi) is 3.22. The van der Waals surface area contributed by atoms with Gasteiger partial charge in [-0.3, -0.25) is 0 Å². The first-order valence-electron chi connectivity index (χ1n) is 7.53. The van der Waals surface area contributed by atoms with Crippen molar-refractivity contribution < 1.29 is 13.2 Å². The molecule has 0 fully saturated rings. The zero-order chi connectivity index (χ0) is 16.9. The van der Waals surface area contributed by atoms with Gasteiger partial charge in [-0.05, 0) is 24.5 Å². The molecular weight excluding hydrogens is 319 g/mol. The molecule has 0 unspecified atom stereocenters. The minimum Gasteiger partial charge on any atom is -0.350 e. The molecule has 0 saturated heterocycles. The number of anilines is 1. The number of fused-ring (bicyclic) bond motifs is 2. The number of benzene rings is 1. The van der Waals surface area contributed by atoms with E-state index in [4.69, 9.17) is 0 Å². The van der Waals surface area contributed by atoms with Gasteiger partial charge in [-0.2, -0.15) is 13.2 Å². The molecule has 5 nitrogen and oxygen atoms in total. The van der Waals surface area contributed by atoms with E-state index in [-0.39, 0.29) is 11.5 Å². The third-order valence-corrected chi connectivity index (χ3v) is 4.19. The zero-order valence-electron chi connectivity index (χ0n) is 12.9. The molecule has 0 spiro atoms. The largest absolute Gasteiger partial charge is 0.451 e. The third kappa shape index (κ3) is 2.47. The second-order valence-electron chi connectivity index (χ2n) is 5.91. The topological polar surface area (TPSA) is 57.7 Å². The zero-order valence-corrected chi connectivity index (χ0v) is 12.9. The highest BCUT2D eigenvalue weighted by Gasteiger charge is 2.36. The van der Waals surface area contributed by atoms with Gasteiger partial charge in [-0.25, -0.2) is 15.0 Å². The van der Waals surface area contributed by atoms with Crippen molar-refractivity contribution in [1.29, 1.82) is 0 Å². The molecule has 0 bridgehead atoms. The molecule has 0 amide bonds. The average Bonchev–Trinajstić information content (AvgIpc) is 3.01. The number of nitrogens with one attached hydrogen (secondary N) is 1. The lowest BCUT2D eigenvalue weighted by Crippen LogP contribution is -2.32. The number of halogens is 3. The molecule has 8 heteroatoms. The Morgan fingerprint density at radius 3 is 2.79 bits per heavy atom. The Labute approximate surface area is 135 Å². The van der Waals surface area contributed by atoms with Crippen LogP contribution in [0.1, 0.15) is 22.5 Å². The Balaban J connectivity index is 1.79. The van der Waals surface area contributed by atoms with Crippen LogP contribution in [0.25, 0.3) is 11.2 Å². The lowest BCUT2D eigenvalue weighted by Gasteiger charge is -2.30. The maximum Gasteiger partial charge on any atom is 0.451 e. The molecule has 0 atom stereocenters. The Hall–Kier alpha value is -2.64. The fraction of sp³-hybridized carbons (Fsp3) is 0.312. The molecule has 0 aliphatic carbocycles. The monoisotopic (exact) mass is 333 g/mol. The number of imidazole rings is 1. The van der Waals surface area contributed by atoms with Crippen LogP contribution in [-0.4, -0.2) is 26.5 Å². The fourth-order valence-electron chi connectivity index (χ4n) is 3.04. The predicted octanol–water partition coefficient (Wildman–Crippen LogP) is 3.24. The Bertz CT molecular complexity index is 916. The number of aryl methyl sites for hydroxylation is 1. The highest BCUT2D eigenvalue weighted by molar-refractivity contribution is 5.83. The number of H-pyrrole nitrogens is 1. The van der Waals surface area contributed by atoms with Crippen molar-refractivity contribution in [3.8, 4) is 0 Å². The summed E-state index contributed by atoms with van der Waals surface area (Å²) in [7, 11) is 0. The molecular formula is C16H14F3N5. The van der Waals surface area contributed by atoms with Crippen LogP contribution in [0, 0.1) is 6.92 Å². The molecule has 1 aromatic carbocycles. The average molecular weight is 333 g/mol. The van der Waals surface area contributed by atoms with Gasteiger partial charge in [0.1, 0.15) is 5.52 Å². The van der Waals surface area contributed by atoms with Gasteiger partial charge in [-0.15, -0.1) is 0 Å². The molecule has 3 heterocycles. The molecule has 0 radical (unpaired) electrons. The van der Waals surface area contributed by atoms with E-state index in [1.54, 1.807) is 0 Å². The second kappa shape index (κ2) is 5.19. The summed E-state index contributed by atoms with van der Waals surface area (Å²) < 4.78 is 39.2. The molecule has 24 heavy (non-hydrogen) atoms. The first-order chi connectivity index (χ1) is 11.4. The molecule has 4 rings (SSSR count). The smallest absolute Gasteiger partial charge is 0.350 e. The second-order valence-corrected chi connectivity index (χ2v) is 5.91. The summed E-state index contributed by atoms with van der Waals surface area (Å²) in [6, 6.07) is 6.15. The van der Waals surface area contributed by atoms with Gasteiger partial charge in [0.25, 0.3) is 0 Å². The standard InChI is InChI=1S/C16H14F3N5/c1-9-2-3-11-7-24(5-4-10(11)6-9)14-12-13(21-8-20-12)22-15(23-14)16(17,18)19/h2-3,6,8H,4-5,7H2,1H3,(H,20,21,22,23). The van der Waals surface area contributed by atoms with Crippen molar-refractivity contribution >= 4 is 17.0 Å². The number of aromatic amines is 1. The number of rotatable bonds is 1. The summed E-state index contributed by atoms with van der Waals surface area (Å²) in [5.74, 6) is -0.914. The van der Waals surface area contributed by atoms with E-state index in [1.807, 2.05) is 24.0 Å². The van der Waals surface area contributed by atoms with Crippen molar-refractivity contribution in [2.24, 2.45) is 0 Å². The highest BCUT2D eigenvalue weighted by atomic mass is 19.4.